The molecule has 1 N–H and O–H groups in total. The molecule has 13 heavy (non-hydrogen) atoms. The molecule has 70 valence electrons. The van der Waals surface area contributed by atoms with Gasteiger partial charge in [-0.05, 0) is 12.5 Å². The maximum absolute atomic E-state index is 9.81. The molecule has 0 aromatic heterocycles. The van der Waals surface area contributed by atoms with Crippen molar-refractivity contribution in [3.63, 3.8) is 0 Å². The maximum Gasteiger partial charge on any atom is 2.00 e. The van der Waals surface area contributed by atoms with Crippen LogP contribution >= 0.6 is 0 Å². The average molecular weight is 347 g/mol. The summed E-state index contributed by atoms with van der Waals surface area (Å²) in [6.45, 7) is 2.59. The zero-order valence-corrected chi connectivity index (χ0v) is 10.8. The van der Waals surface area contributed by atoms with Gasteiger partial charge in [-0.1, -0.05) is 29.8 Å². The van der Waals surface area contributed by atoms with Gasteiger partial charge in [0.15, 0.2) is 0 Å². The van der Waals surface area contributed by atoms with Crippen molar-refractivity contribution in [2.75, 3.05) is 0 Å². The van der Waals surface area contributed by atoms with Crippen molar-refractivity contribution in [2.45, 2.75) is 13.5 Å². The van der Waals surface area contributed by atoms with E-state index in [1.54, 1.807) is 6.41 Å². The first-order valence-electron chi connectivity index (χ1n) is 3.48. The van der Waals surface area contributed by atoms with Crippen molar-refractivity contribution in [1.82, 2.24) is 5.32 Å². The number of rotatable bonds is 3. The largest absolute Gasteiger partial charge is 2.00 e. The van der Waals surface area contributed by atoms with E-state index in [0.29, 0.717) is 6.54 Å². The molecule has 0 unspecified atom stereocenters. The topological polar surface area (TPSA) is 29.1 Å². The minimum atomic E-state index is 0. The Morgan fingerprint density at radius 1 is 1.31 bits per heavy atom. The van der Waals surface area contributed by atoms with Gasteiger partial charge in [-0.25, -0.2) is 0 Å². The number of nitrogens with one attached hydrogen (secondary N) is 1. The summed E-state index contributed by atoms with van der Waals surface area (Å²) in [6, 6.07) is 8.00. The molecule has 1 aromatic rings. The van der Waals surface area contributed by atoms with E-state index in [-0.39, 0.29) is 28.5 Å². The van der Waals surface area contributed by atoms with Crippen LogP contribution in [0.2, 0.25) is 0 Å². The van der Waals surface area contributed by atoms with Crippen LogP contribution in [0.25, 0.3) is 0 Å². The van der Waals surface area contributed by atoms with Crippen molar-refractivity contribution in [2.24, 2.45) is 0 Å². The molecule has 0 radical (unpaired) electrons. The molecule has 0 spiro atoms. The van der Waals surface area contributed by atoms with Gasteiger partial charge in [0.05, 0.1) is 0 Å². The number of hydrogen-bond donors (Lipinski definition) is 1. The summed E-state index contributed by atoms with van der Waals surface area (Å²) in [4.78, 5) is 9.81. The fourth-order valence-corrected chi connectivity index (χ4v) is 0.844. The van der Waals surface area contributed by atoms with Gasteiger partial charge in [0.2, 0.25) is 0 Å². The number of hydrogen-bond acceptors (Lipinski definition) is 1. The van der Waals surface area contributed by atoms with Gasteiger partial charge in [-0.15, -0.1) is 0 Å². The third-order valence-corrected chi connectivity index (χ3v) is 1.49. The van der Waals surface area contributed by atoms with E-state index in [4.69, 9.17) is 0 Å². The van der Waals surface area contributed by atoms with E-state index in [0.717, 1.165) is 5.56 Å². The Morgan fingerprint density at radius 2 is 1.85 bits per heavy atom. The van der Waals surface area contributed by atoms with Crippen LogP contribution in [0.4, 0.5) is 0 Å². The van der Waals surface area contributed by atoms with Crippen molar-refractivity contribution in [3.05, 3.63) is 42.8 Å². The Hall–Kier alpha value is -0.622. The first kappa shape index (κ1) is 14.9. The number of aryl methyl sites for hydroxylation is 1. The molecular weight excluding hydrogens is 334 g/mol. The second-order valence-corrected chi connectivity index (χ2v) is 2.44. The molecule has 0 atom stereocenters. The van der Waals surface area contributed by atoms with Gasteiger partial charge in [0.25, 0.3) is 0 Å². The molecular formula is C10H13NOW. The number of amides is 1. The standard InChI is InChI=1S/C9H10NO.CH3.W/c1-8-2-4-9(5-3-8)6-10-7-11;;/h2-5H,6H2,1H3,(H,10,11);1H3;/q2*-1;+2. The Morgan fingerprint density at radius 3 is 2.31 bits per heavy atom. The van der Waals surface area contributed by atoms with Crippen molar-refractivity contribution in [1.29, 1.82) is 0 Å². The average Bonchev–Trinajstić information content (AvgIpc) is 2.04. The first-order valence-corrected chi connectivity index (χ1v) is 3.48. The van der Waals surface area contributed by atoms with Crippen LogP contribution in [-0.2, 0) is 32.4 Å². The molecule has 0 heterocycles. The van der Waals surface area contributed by atoms with Gasteiger partial charge < -0.3 is 17.5 Å². The Bertz CT molecular complexity index is 233. The van der Waals surface area contributed by atoms with Gasteiger partial charge in [-0.3, -0.25) is 0 Å². The Balaban J connectivity index is 0. The van der Waals surface area contributed by atoms with Crippen LogP contribution in [0.1, 0.15) is 11.1 Å². The van der Waals surface area contributed by atoms with E-state index >= 15 is 0 Å². The summed E-state index contributed by atoms with van der Waals surface area (Å²) in [5, 5.41) is 2.48. The Kier molecular flexibility index (Phi) is 9.15. The predicted molar refractivity (Wildman–Crippen MR) is 50.1 cm³/mol. The fraction of sp³-hybridized carbons (Fsp3) is 0.200. The molecule has 0 aliphatic rings. The van der Waals surface area contributed by atoms with Crippen molar-refractivity contribution < 1.29 is 25.9 Å². The quantitative estimate of drug-likeness (QED) is 0.653. The van der Waals surface area contributed by atoms with Crippen LogP contribution < -0.4 is 5.32 Å². The van der Waals surface area contributed by atoms with Gasteiger partial charge in [0.1, 0.15) is 0 Å². The zero-order valence-electron chi connectivity index (χ0n) is 7.83. The van der Waals surface area contributed by atoms with Gasteiger partial charge >= 0.3 is 21.1 Å². The summed E-state index contributed by atoms with van der Waals surface area (Å²) in [7, 11) is 0. The van der Waals surface area contributed by atoms with Crippen LogP contribution in [0.3, 0.4) is 0 Å². The molecule has 2 nitrogen and oxygen atoms in total. The molecule has 0 bridgehead atoms. The summed E-state index contributed by atoms with van der Waals surface area (Å²) in [6.07, 6.45) is 1.63. The van der Waals surface area contributed by atoms with Crippen LogP contribution in [0, 0.1) is 14.4 Å². The molecule has 0 fully saturated rings. The van der Waals surface area contributed by atoms with Crippen LogP contribution in [0.5, 0.6) is 0 Å². The summed E-state index contributed by atoms with van der Waals surface area (Å²) >= 11 is 0. The SMILES string of the molecule is Cc1ccc(CN[C-]=O)cc1.[CH3-].[W+2]. The molecule has 0 saturated heterocycles. The zero-order chi connectivity index (χ0) is 8.10. The monoisotopic (exact) mass is 347 g/mol. The van der Waals surface area contributed by atoms with Crippen LogP contribution in [-0.4, -0.2) is 6.41 Å². The summed E-state index contributed by atoms with van der Waals surface area (Å²) in [5.41, 5.74) is 2.32. The number of benzene rings is 1. The third kappa shape index (κ3) is 5.59. The normalized spacial score (nSPS) is 7.77. The molecule has 1 amide bonds. The molecule has 1 aromatic carbocycles. The third-order valence-electron chi connectivity index (χ3n) is 1.49. The minimum Gasteiger partial charge on any atom is -0.526 e. The van der Waals surface area contributed by atoms with E-state index < -0.39 is 0 Å². The minimum absolute atomic E-state index is 0. The van der Waals surface area contributed by atoms with E-state index in [1.165, 1.54) is 5.56 Å². The van der Waals surface area contributed by atoms with Crippen molar-refractivity contribution in [3.8, 4) is 0 Å². The molecule has 3 heteroatoms. The summed E-state index contributed by atoms with van der Waals surface area (Å²) in [5.74, 6) is 0. The van der Waals surface area contributed by atoms with E-state index in [9.17, 15) is 4.79 Å². The number of carbonyl (C=O) groups excluding carboxylic acids is 1. The van der Waals surface area contributed by atoms with Crippen molar-refractivity contribution >= 4 is 6.41 Å². The molecule has 0 saturated carbocycles. The Labute approximate surface area is 94.0 Å². The van der Waals surface area contributed by atoms with Gasteiger partial charge in [-0.2, -0.15) is 6.41 Å². The van der Waals surface area contributed by atoms with Gasteiger partial charge in [0, 0.05) is 6.54 Å². The molecule has 0 aliphatic heterocycles. The fourth-order valence-electron chi connectivity index (χ4n) is 0.844. The second-order valence-electron chi connectivity index (χ2n) is 2.44. The molecule has 0 aliphatic carbocycles. The predicted octanol–water partition coefficient (Wildman–Crippen LogP) is 1.60. The maximum atomic E-state index is 9.81. The second kappa shape index (κ2) is 8.00. The smallest absolute Gasteiger partial charge is 0.526 e. The first-order chi connectivity index (χ1) is 5.33. The summed E-state index contributed by atoms with van der Waals surface area (Å²) < 4.78 is 0. The van der Waals surface area contributed by atoms with Crippen LogP contribution in [0.15, 0.2) is 24.3 Å². The van der Waals surface area contributed by atoms with E-state index in [1.807, 2.05) is 31.2 Å². The molecule has 1 rings (SSSR count). The van der Waals surface area contributed by atoms with E-state index in [2.05, 4.69) is 5.32 Å².